The number of benzene rings is 2. The van der Waals surface area contributed by atoms with Crippen LogP contribution in [0.2, 0.25) is 0 Å². The molecule has 0 saturated carbocycles. The van der Waals surface area contributed by atoms with Gasteiger partial charge in [-0.2, -0.15) is 0 Å². The largest absolute Gasteiger partial charge is 0.495 e. The van der Waals surface area contributed by atoms with Crippen LogP contribution in [0.1, 0.15) is 17.3 Å². The van der Waals surface area contributed by atoms with Crippen molar-refractivity contribution >= 4 is 17.5 Å². The van der Waals surface area contributed by atoms with Gasteiger partial charge in [-0.25, -0.2) is 4.39 Å². The molecule has 0 radical (unpaired) electrons. The van der Waals surface area contributed by atoms with Crippen molar-refractivity contribution in [1.29, 1.82) is 0 Å². The number of ether oxygens (including phenoxy) is 1. The van der Waals surface area contributed by atoms with E-state index in [0.29, 0.717) is 23.5 Å². The van der Waals surface area contributed by atoms with Crippen molar-refractivity contribution < 1.29 is 18.7 Å². The minimum atomic E-state index is -0.398. The molecule has 126 valence electrons. The third-order valence-electron chi connectivity index (χ3n) is 3.48. The van der Waals surface area contributed by atoms with Gasteiger partial charge in [0.1, 0.15) is 11.6 Å². The third-order valence-corrected chi connectivity index (χ3v) is 3.48. The Hall–Kier alpha value is -2.89. The molecule has 1 N–H and O–H groups in total. The Labute approximate surface area is 140 Å². The number of amides is 2. The van der Waals surface area contributed by atoms with E-state index in [1.54, 1.807) is 12.1 Å². The molecule has 0 spiro atoms. The lowest BCUT2D eigenvalue weighted by molar-refractivity contribution is -0.116. The van der Waals surface area contributed by atoms with Crippen LogP contribution >= 0.6 is 0 Å². The predicted octanol–water partition coefficient (Wildman–Crippen LogP) is 2.62. The molecule has 2 rings (SSSR count). The zero-order valence-corrected chi connectivity index (χ0v) is 13.6. The molecule has 0 bridgehead atoms. The number of anilines is 1. The molecule has 2 amide bonds. The van der Waals surface area contributed by atoms with E-state index in [1.807, 2.05) is 12.1 Å². The number of halogens is 1. The number of carbonyl (C=O) groups is 2. The average molecular weight is 330 g/mol. The molecule has 24 heavy (non-hydrogen) atoms. The summed E-state index contributed by atoms with van der Waals surface area (Å²) in [7, 11) is 1.54. The predicted molar refractivity (Wildman–Crippen MR) is 89.8 cm³/mol. The molecule has 6 heteroatoms. The summed E-state index contributed by atoms with van der Waals surface area (Å²) in [6, 6.07) is 12.4. The van der Waals surface area contributed by atoms with Crippen LogP contribution in [0.5, 0.6) is 5.75 Å². The second-order valence-electron chi connectivity index (χ2n) is 5.11. The molecule has 0 aromatic heterocycles. The summed E-state index contributed by atoms with van der Waals surface area (Å²) in [4.78, 5) is 25.4. The van der Waals surface area contributed by atoms with Crippen LogP contribution in [0, 0.1) is 5.82 Å². The van der Waals surface area contributed by atoms with Crippen LogP contribution in [0.4, 0.5) is 10.1 Å². The van der Waals surface area contributed by atoms with E-state index in [9.17, 15) is 14.0 Å². The summed E-state index contributed by atoms with van der Waals surface area (Å²) < 4.78 is 18.1. The highest BCUT2D eigenvalue weighted by Crippen LogP contribution is 2.27. The second-order valence-corrected chi connectivity index (χ2v) is 5.11. The van der Waals surface area contributed by atoms with Crippen LogP contribution in [-0.2, 0) is 4.79 Å². The summed E-state index contributed by atoms with van der Waals surface area (Å²) in [5.74, 6) is -0.294. The minimum absolute atomic E-state index is 0.157. The lowest BCUT2D eigenvalue weighted by Crippen LogP contribution is -2.37. The maximum absolute atomic E-state index is 12.9. The molecule has 5 nitrogen and oxygen atoms in total. The van der Waals surface area contributed by atoms with Gasteiger partial charge in [0, 0.05) is 25.6 Å². The van der Waals surface area contributed by atoms with Crippen molar-refractivity contribution in [3.8, 4) is 5.75 Å². The first-order valence-corrected chi connectivity index (χ1v) is 7.48. The quantitative estimate of drug-likeness (QED) is 0.886. The number of para-hydroxylation sites is 2. The van der Waals surface area contributed by atoms with Gasteiger partial charge in [0.25, 0.3) is 5.91 Å². The standard InChI is InChI=1S/C18H19FN2O3/c1-13(22)21(16-5-3-4-6-17(16)24-2)12-11-20-18(23)14-7-9-15(19)10-8-14/h3-10H,11-12H2,1-2H3,(H,20,23). The summed E-state index contributed by atoms with van der Waals surface area (Å²) in [6.45, 7) is 2.00. The molecule has 0 aliphatic carbocycles. The number of methoxy groups -OCH3 is 1. The fraction of sp³-hybridized carbons (Fsp3) is 0.222. The van der Waals surface area contributed by atoms with Crippen LogP contribution in [0.15, 0.2) is 48.5 Å². The van der Waals surface area contributed by atoms with Gasteiger partial charge in [-0.05, 0) is 36.4 Å². The van der Waals surface area contributed by atoms with Crippen LogP contribution < -0.4 is 15.0 Å². The number of hydrogen-bond acceptors (Lipinski definition) is 3. The van der Waals surface area contributed by atoms with Crippen molar-refractivity contribution in [2.45, 2.75) is 6.92 Å². The summed E-state index contributed by atoms with van der Waals surface area (Å²) in [5.41, 5.74) is 1.01. The molecule has 0 atom stereocenters. The first-order chi connectivity index (χ1) is 11.5. The molecule has 2 aromatic rings. The van der Waals surface area contributed by atoms with E-state index < -0.39 is 5.82 Å². The number of nitrogens with zero attached hydrogens (tertiary/aromatic N) is 1. The fourth-order valence-electron chi connectivity index (χ4n) is 2.28. The molecule has 2 aromatic carbocycles. The SMILES string of the molecule is COc1ccccc1N(CCNC(=O)c1ccc(F)cc1)C(C)=O. The van der Waals surface area contributed by atoms with Crippen molar-refractivity contribution in [2.24, 2.45) is 0 Å². The van der Waals surface area contributed by atoms with Crippen molar-refractivity contribution in [1.82, 2.24) is 5.32 Å². The van der Waals surface area contributed by atoms with Gasteiger partial charge in [-0.3, -0.25) is 9.59 Å². The zero-order chi connectivity index (χ0) is 17.5. The topological polar surface area (TPSA) is 58.6 Å². The number of carbonyl (C=O) groups excluding carboxylic acids is 2. The molecule has 0 aliphatic heterocycles. The fourth-order valence-corrected chi connectivity index (χ4v) is 2.28. The monoisotopic (exact) mass is 330 g/mol. The van der Waals surface area contributed by atoms with Crippen molar-refractivity contribution in [3.63, 3.8) is 0 Å². The van der Waals surface area contributed by atoms with Gasteiger partial charge in [-0.15, -0.1) is 0 Å². The van der Waals surface area contributed by atoms with Gasteiger partial charge < -0.3 is 15.0 Å². The highest BCUT2D eigenvalue weighted by molar-refractivity contribution is 5.95. The van der Waals surface area contributed by atoms with E-state index in [4.69, 9.17) is 4.74 Å². The van der Waals surface area contributed by atoms with Crippen LogP contribution in [-0.4, -0.2) is 32.0 Å². The Kier molecular flexibility index (Phi) is 5.89. The highest BCUT2D eigenvalue weighted by atomic mass is 19.1. The third kappa shape index (κ3) is 4.32. The van der Waals surface area contributed by atoms with Gasteiger partial charge in [0.05, 0.1) is 12.8 Å². The molecular formula is C18H19FN2O3. The van der Waals surface area contributed by atoms with Gasteiger partial charge in [0.2, 0.25) is 5.91 Å². The van der Waals surface area contributed by atoms with Crippen LogP contribution in [0.25, 0.3) is 0 Å². The molecule has 0 unspecified atom stereocenters. The number of rotatable bonds is 6. The number of nitrogens with one attached hydrogen (secondary N) is 1. The second kappa shape index (κ2) is 8.10. The Morgan fingerprint density at radius 2 is 1.79 bits per heavy atom. The first-order valence-electron chi connectivity index (χ1n) is 7.48. The van der Waals surface area contributed by atoms with E-state index >= 15 is 0 Å². The Morgan fingerprint density at radius 3 is 2.42 bits per heavy atom. The van der Waals surface area contributed by atoms with Gasteiger partial charge in [-0.1, -0.05) is 12.1 Å². The normalized spacial score (nSPS) is 10.1. The van der Waals surface area contributed by atoms with E-state index in [2.05, 4.69) is 5.32 Å². The molecule has 0 saturated heterocycles. The lowest BCUT2D eigenvalue weighted by Gasteiger charge is -2.23. The molecular weight excluding hydrogens is 311 g/mol. The number of hydrogen-bond donors (Lipinski definition) is 1. The molecule has 0 aliphatic rings. The van der Waals surface area contributed by atoms with E-state index in [-0.39, 0.29) is 18.4 Å². The van der Waals surface area contributed by atoms with Crippen LogP contribution in [0.3, 0.4) is 0 Å². The minimum Gasteiger partial charge on any atom is -0.495 e. The Balaban J connectivity index is 2.01. The van der Waals surface area contributed by atoms with Crippen molar-refractivity contribution in [3.05, 3.63) is 59.9 Å². The molecule has 0 fully saturated rings. The Bertz CT molecular complexity index is 716. The zero-order valence-electron chi connectivity index (χ0n) is 13.6. The van der Waals surface area contributed by atoms with Crippen molar-refractivity contribution in [2.75, 3.05) is 25.1 Å². The van der Waals surface area contributed by atoms with E-state index in [1.165, 1.54) is 43.2 Å². The maximum atomic E-state index is 12.9. The Morgan fingerprint density at radius 1 is 1.12 bits per heavy atom. The summed E-state index contributed by atoms with van der Waals surface area (Å²) >= 11 is 0. The highest BCUT2D eigenvalue weighted by Gasteiger charge is 2.16. The van der Waals surface area contributed by atoms with Gasteiger partial charge >= 0.3 is 0 Å². The maximum Gasteiger partial charge on any atom is 0.251 e. The van der Waals surface area contributed by atoms with Gasteiger partial charge in [0.15, 0.2) is 0 Å². The lowest BCUT2D eigenvalue weighted by atomic mass is 10.2. The summed E-state index contributed by atoms with van der Waals surface area (Å²) in [6.07, 6.45) is 0. The summed E-state index contributed by atoms with van der Waals surface area (Å²) in [5, 5.41) is 2.71. The average Bonchev–Trinajstić information content (AvgIpc) is 2.59. The molecule has 0 heterocycles. The first kappa shape index (κ1) is 17.5. The smallest absolute Gasteiger partial charge is 0.251 e. The van der Waals surface area contributed by atoms with E-state index in [0.717, 1.165) is 0 Å².